The van der Waals surface area contributed by atoms with Crippen molar-refractivity contribution < 1.29 is 24.2 Å². The quantitative estimate of drug-likeness (QED) is 0.285. The van der Waals surface area contributed by atoms with Gasteiger partial charge in [0.25, 0.3) is 0 Å². The largest absolute Gasteiger partial charge is 0.394 e. The number of ether oxygens (including phenoxy) is 1. The van der Waals surface area contributed by atoms with E-state index in [0.717, 1.165) is 24.3 Å². The van der Waals surface area contributed by atoms with Gasteiger partial charge in [-0.1, -0.05) is 55.5 Å². The van der Waals surface area contributed by atoms with Crippen LogP contribution < -0.4 is 15.5 Å². The van der Waals surface area contributed by atoms with Crippen LogP contribution in [0.4, 0.5) is 17.1 Å². The molecule has 3 unspecified atom stereocenters. The van der Waals surface area contributed by atoms with Crippen molar-refractivity contribution in [2.24, 2.45) is 17.8 Å². The molecule has 3 fully saturated rings. The molecule has 0 aromatic heterocycles. The number of nitrogens with one attached hydrogen (secondary N) is 2. The fourth-order valence-electron chi connectivity index (χ4n) is 8.20. The van der Waals surface area contributed by atoms with E-state index in [4.69, 9.17) is 4.74 Å². The number of carbonyl (C=O) groups excluding carboxylic acids is 3. The molecule has 3 aliphatic rings. The number of fused-ring (bicyclic) bond motifs is 1. The lowest BCUT2D eigenvalue weighted by Gasteiger charge is -2.37. The van der Waals surface area contributed by atoms with E-state index in [2.05, 4.69) is 29.4 Å². The summed E-state index contributed by atoms with van der Waals surface area (Å²) < 4.78 is 6.88. The Balaban J connectivity index is 1.38. The van der Waals surface area contributed by atoms with Crippen LogP contribution in [0, 0.1) is 17.8 Å². The first kappa shape index (κ1) is 31.8. The highest BCUT2D eigenvalue weighted by molar-refractivity contribution is 6.05. The molecule has 3 aromatic carbocycles. The van der Waals surface area contributed by atoms with Crippen LogP contribution in [0.2, 0.25) is 0 Å². The Labute approximate surface area is 270 Å². The van der Waals surface area contributed by atoms with E-state index in [1.807, 2.05) is 86.6 Å². The zero-order valence-electron chi connectivity index (χ0n) is 27.0. The third-order valence-corrected chi connectivity index (χ3v) is 10.5. The Hall–Kier alpha value is -4.21. The number of hydrogen-bond acceptors (Lipinski definition) is 6. The highest BCUT2D eigenvalue weighted by Gasteiger charge is 2.80. The Bertz CT molecular complexity index is 1560. The first-order valence-corrected chi connectivity index (χ1v) is 16.4. The van der Waals surface area contributed by atoms with Gasteiger partial charge in [0.1, 0.15) is 11.6 Å². The second-order valence-corrected chi connectivity index (χ2v) is 13.0. The van der Waals surface area contributed by atoms with Gasteiger partial charge in [0.2, 0.25) is 17.7 Å². The smallest absolute Gasteiger partial charge is 0.250 e. The number of carbonyl (C=O) groups is 3. The molecule has 3 aliphatic heterocycles. The Morgan fingerprint density at radius 1 is 0.935 bits per heavy atom. The molecule has 9 nitrogen and oxygen atoms in total. The van der Waals surface area contributed by atoms with Crippen molar-refractivity contribution in [3.8, 4) is 0 Å². The summed E-state index contributed by atoms with van der Waals surface area (Å²) in [6.45, 7) is 9.49. The van der Waals surface area contributed by atoms with Gasteiger partial charge in [-0.25, -0.2) is 0 Å². The summed E-state index contributed by atoms with van der Waals surface area (Å²) in [6.07, 6.45) is 0.788. The average molecular weight is 625 g/mol. The first-order valence-electron chi connectivity index (χ1n) is 16.4. The molecule has 3 N–H and O–H groups in total. The van der Waals surface area contributed by atoms with E-state index < -0.39 is 41.0 Å². The molecule has 242 valence electrons. The maximum Gasteiger partial charge on any atom is 0.250 e. The summed E-state index contributed by atoms with van der Waals surface area (Å²) in [7, 11) is 0. The molecule has 7 atom stereocenters. The van der Waals surface area contributed by atoms with Crippen molar-refractivity contribution in [2.45, 2.75) is 63.8 Å². The number of para-hydroxylation sites is 1. The minimum absolute atomic E-state index is 0.103. The van der Waals surface area contributed by atoms with Crippen LogP contribution in [0.15, 0.2) is 84.9 Å². The summed E-state index contributed by atoms with van der Waals surface area (Å²) in [4.78, 5) is 47.0. The number of anilines is 3. The molecule has 46 heavy (non-hydrogen) atoms. The standard InChI is InChI=1S/C37H44N4O5/c1-5-40(6-2)28-19-17-27(18-20-28)39-34(44)32-37-22-24(3)36(4,46-37)30(33(43)38-26-15-11-8-12-16-26)31(37)35(45)41(32)29(23-42)21-25-13-9-7-10-14-25/h7-20,24,29-32,42H,5-6,21-23H2,1-4H3,(H,38,43)(H,39,44)/t24?,29-,30+,31+,32?,36-,37?/m1/s1. The molecule has 3 heterocycles. The second-order valence-electron chi connectivity index (χ2n) is 13.0. The van der Waals surface area contributed by atoms with Gasteiger partial charge in [0.15, 0.2) is 0 Å². The van der Waals surface area contributed by atoms with E-state index in [1.54, 1.807) is 12.1 Å². The van der Waals surface area contributed by atoms with E-state index in [1.165, 1.54) is 4.90 Å². The van der Waals surface area contributed by atoms with Gasteiger partial charge >= 0.3 is 0 Å². The van der Waals surface area contributed by atoms with Crippen molar-refractivity contribution in [3.63, 3.8) is 0 Å². The number of benzene rings is 3. The molecule has 0 radical (unpaired) electrons. The molecular weight excluding hydrogens is 580 g/mol. The maximum absolute atomic E-state index is 14.7. The van der Waals surface area contributed by atoms with Gasteiger partial charge in [-0.15, -0.1) is 0 Å². The van der Waals surface area contributed by atoms with Crippen molar-refractivity contribution in [1.82, 2.24) is 4.90 Å². The number of likely N-dealkylation sites (tertiary alicyclic amines) is 1. The number of aliphatic hydroxyl groups excluding tert-OH is 1. The lowest BCUT2D eigenvalue weighted by molar-refractivity contribution is -0.147. The van der Waals surface area contributed by atoms with E-state index in [9.17, 15) is 19.5 Å². The first-order chi connectivity index (χ1) is 22.2. The molecule has 3 aromatic rings. The van der Waals surface area contributed by atoms with Gasteiger partial charge in [0, 0.05) is 30.2 Å². The van der Waals surface area contributed by atoms with Crippen molar-refractivity contribution in [2.75, 3.05) is 35.2 Å². The zero-order chi connectivity index (χ0) is 32.6. The predicted octanol–water partition coefficient (Wildman–Crippen LogP) is 4.72. The number of aliphatic hydroxyl groups is 1. The highest BCUT2D eigenvalue weighted by Crippen LogP contribution is 2.65. The van der Waals surface area contributed by atoms with Crippen LogP contribution in [0.25, 0.3) is 0 Å². The molecule has 6 rings (SSSR count). The Morgan fingerprint density at radius 2 is 1.52 bits per heavy atom. The van der Waals surface area contributed by atoms with Gasteiger partial charge in [-0.05, 0) is 81.5 Å². The van der Waals surface area contributed by atoms with E-state index in [-0.39, 0.29) is 24.3 Å². The molecule has 0 saturated carbocycles. The highest BCUT2D eigenvalue weighted by atomic mass is 16.5. The van der Waals surface area contributed by atoms with Gasteiger partial charge < -0.3 is 30.3 Å². The third kappa shape index (κ3) is 5.25. The summed E-state index contributed by atoms with van der Waals surface area (Å²) in [5, 5.41) is 16.8. The zero-order valence-corrected chi connectivity index (χ0v) is 27.0. The second kappa shape index (κ2) is 12.5. The average Bonchev–Trinajstić information content (AvgIpc) is 3.58. The molecule has 9 heteroatoms. The lowest BCUT2D eigenvalue weighted by atomic mass is 9.62. The minimum Gasteiger partial charge on any atom is -0.394 e. The van der Waals surface area contributed by atoms with E-state index in [0.29, 0.717) is 24.2 Å². The fraction of sp³-hybridized carbons (Fsp3) is 0.432. The Morgan fingerprint density at radius 3 is 2.13 bits per heavy atom. The van der Waals surface area contributed by atoms with E-state index >= 15 is 0 Å². The molecule has 3 saturated heterocycles. The summed E-state index contributed by atoms with van der Waals surface area (Å²) in [5.41, 5.74) is 1.01. The van der Waals surface area contributed by atoms with Crippen LogP contribution in [0.5, 0.6) is 0 Å². The third-order valence-electron chi connectivity index (χ3n) is 10.5. The molecule has 2 bridgehead atoms. The van der Waals surface area contributed by atoms with Crippen molar-refractivity contribution in [3.05, 3.63) is 90.5 Å². The van der Waals surface area contributed by atoms with Crippen LogP contribution in [-0.2, 0) is 25.5 Å². The fourth-order valence-corrected chi connectivity index (χ4v) is 8.20. The number of amides is 3. The Kier molecular flexibility index (Phi) is 8.65. The number of rotatable bonds is 11. The van der Waals surface area contributed by atoms with Crippen LogP contribution in [0.1, 0.15) is 39.7 Å². The summed E-state index contributed by atoms with van der Waals surface area (Å²) in [6, 6.07) is 24.7. The molecule has 1 spiro atoms. The monoisotopic (exact) mass is 624 g/mol. The molecular formula is C37H44N4O5. The maximum atomic E-state index is 14.7. The summed E-state index contributed by atoms with van der Waals surface area (Å²) >= 11 is 0. The molecule has 0 aliphatic carbocycles. The number of nitrogens with zero attached hydrogens (tertiary/aromatic N) is 2. The van der Waals surface area contributed by atoms with Crippen molar-refractivity contribution >= 4 is 34.8 Å². The minimum atomic E-state index is -1.24. The van der Waals surface area contributed by atoms with Crippen molar-refractivity contribution in [1.29, 1.82) is 0 Å². The topological polar surface area (TPSA) is 111 Å². The van der Waals surface area contributed by atoms with Crippen LogP contribution in [-0.4, -0.2) is 70.7 Å². The number of hydrogen-bond donors (Lipinski definition) is 3. The predicted molar refractivity (Wildman–Crippen MR) is 178 cm³/mol. The molecule has 3 amide bonds. The van der Waals surface area contributed by atoms with Crippen LogP contribution in [0.3, 0.4) is 0 Å². The van der Waals surface area contributed by atoms with Crippen LogP contribution >= 0.6 is 0 Å². The summed E-state index contributed by atoms with van der Waals surface area (Å²) in [5.74, 6) is -2.85. The van der Waals surface area contributed by atoms with Gasteiger partial charge in [-0.2, -0.15) is 0 Å². The lowest BCUT2D eigenvalue weighted by Crippen LogP contribution is -2.57. The normalized spacial score (nSPS) is 28.5. The van der Waals surface area contributed by atoms with Gasteiger partial charge in [-0.3, -0.25) is 14.4 Å². The van der Waals surface area contributed by atoms with Gasteiger partial charge in [0.05, 0.1) is 30.1 Å². The SMILES string of the molecule is CCN(CC)c1ccc(NC(=O)C2N([C@@H](CO)Cc3ccccc3)C(=O)[C@@H]3[C@@H](C(=O)Nc4ccccc4)[C@]4(C)OC23CC4C)cc1.